The monoisotopic (exact) mass is 543 g/mol. The number of amides is 2. The van der Waals surface area contributed by atoms with Gasteiger partial charge in [-0.2, -0.15) is 0 Å². The molecule has 10 nitrogen and oxygen atoms in total. The largest absolute Gasteiger partial charge is 0.444 e. The average Bonchev–Trinajstić information content (AvgIpc) is 2.88. The lowest BCUT2D eigenvalue weighted by molar-refractivity contribution is -0.122. The third kappa shape index (κ3) is 7.40. The molecule has 4 rings (SSSR count). The van der Waals surface area contributed by atoms with Crippen molar-refractivity contribution in [3.63, 3.8) is 0 Å². The molecule has 11 heteroatoms. The van der Waals surface area contributed by atoms with Gasteiger partial charge in [-0.25, -0.2) is 4.79 Å². The van der Waals surface area contributed by atoms with Crippen LogP contribution in [0.4, 0.5) is 22.0 Å². The van der Waals surface area contributed by atoms with Crippen LogP contribution < -0.4 is 26.2 Å². The van der Waals surface area contributed by atoms with E-state index in [-0.39, 0.29) is 23.2 Å². The number of piperazine rings is 1. The number of ether oxygens (including phenoxy) is 1. The van der Waals surface area contributed by atoms with Crippen LogP contribution in [0.25, 0.3) is 0 Å². The second kappa shape index (κ2) is 12.1. The number of carbonyl (C=O) groups is 2. The van der Waals surface area contributed by atoms with Crippen LogP contribution in [-0.4, -0.2) is 66.1 Å². The second-order valence-electron chi connectivity index (χ2n) is 11.0. The maximum absolute atomic E-state index is 13.6. The summed E-state index contributed by atoms with van der Waals surface area (Å²) in [6.45, 7) is 7.92. The molecule has 1 saturated carbocycles. The number of carbonyl (C=O) groups excluding carboxylic acids is 2. The molecule has 2 fully saturated rings. The standard InChI is InChI=1S/C27H38ClN7O3/c1-27(2,3)38-26(37)31-19-11-9-18(10-12-19)16-30-25(36)22-17-34(21-15-23(28)32-33-24(21)29)13-14-35(22)20-7-5-4-6-8-20/h4-8,15,18-19,22H,9-14,16-17H2,1-3H3,(H2,29,33)(H,30,36)(H,31,37). The first kappa shape index (κ1) is 27.8. The van der Waals surface area contributed by atoms with Crippen LogP contribution in [0.15, 0.2) is 36.4 Å². The number of aromatic nitrogens is 2. The van der Waals surface area contributed by atoms with E-state index >= 15 is 0 Å². The molecule has 1 aliphatic heterocycles. The van der Waals surface area contributed by atoms with E-state index in [9.17, 15) is 9.59 Å². The summed E-state index contributed by atoms with van der Waals surface area (Å²) < 4.78 is 5.38. The van der Waals surface area contributed by atoms with Crippen LogP contribution in [0, 0.1) is 5.92 Å². The SMILES string of the molecule is CC(C)(C)OC(=O)NC1CCC(CNC(=O)C2CN(c3cc(Cl)nnc3N)CCN2c2ccccc2)CC1. The summed E-state index contributed by atoms with van der Waals surface area (Å²) in [5, 5.41) is 14.2. The maximum atomic E-state index is 13.6. The molecule has 2 aromatic rings. The number of alkyl carbamates (subject to hydrolysis) is 1. The molecule has 2 heterocycles. The number of hydrogen-bond acceptors (Lipinski definition) is 8. The second-order valence-corrected chi connectivity index (χ2v) is 11.4. The predicted molar refractivity (Wildman–Crippen MR) is 149 cm³/mol. The van der Waals surface area contributed by atoms with Crippen LogP contribution >= 0.6 is 11.6 Å². The third-order valence-electron chi connectivity index (χ3n) is 7.02. The van der Waals surface area contributed by atoms with Gasteiger partial charge >= 0.3 is 6.09 Å². The maximum Gasteiger partial charge on any atom is 0.407 e. The Bertz CT molecular complexity index is 1100. The Morgan fingerprint density at radius 1 is 1.11 bits per heavy atom. The van der Waals surface area contributed by atoms with E-state index in [1.807, 2.05) is 56.0 Å². The van der Waals surface area contributed by atoms with Gasteiger partial charge in [0.05, 0.1) is 5.69 Å². The lowest BCUT2D eigenvalue weighted by atomic mass is 9.86. The lowest BCUT2D eigenvalue weighted by Gasteiger charge is -2.43. The molecule has 0 bridgehead atoms. The van der Waals surface area contributed by atoms with Crippen molar-refractivity contribution in [2.45, 2.75) is 64.1 Å². The summed E-state index contributed by atoms with van der Waals surface area (Å²) in [6, 6.07) is 11.3. The van der Waals surface area contributed by atoms with Crippen LogP contribution in [0.5, 0.6) is 0 Å². The fraction of sp³-hybridized carbons (Fsp3) is 0.556. The highest BCUT2D eigenvalue weighted by Crippen LogP contribution is 2.29. The van der Waals surface area contributed by atoms with Crippen molar-refractivity contribution < 1.29 is 14.3 Å². The van der Waals surface area contributed by atoms with Gasteiger partial charge in [0, 0.05) is 44.0 Å². The highest BCUT2D eigenvalue weighted by Gasteiger charge is 2.34. The highest BCUT2D eigenvalue weighted by molar-refractivity contribution is 6.29. The van der Waals surface area contributed by atoms with Crippen LogP contribution in [0.2, 0.25) is 5.15 Å². The molecular formula is C27H38ClN7O3. The lowest BCUT2D eigenvalue weighted by Crippen LogP contribution is -2.60. The van der Waals surface area contributed by atoms with Gasteiger partial charge in [0.1, 0.15) is 11.6 Å². The number of nitrogens with zero attached hydrogens (tertiary/aromatic N) is 4. The third-order valence-corrected chi connectivity index (χ3v) is 7.20. The van der Waals surface area contributed by atoms with Crippen LogP contribution in [0.1, 0.15) is 46.5 Å². The minimum Gasteiger partial charge on any atom is -0.444 e. The molecule has 1 aromatic carbocycles. The van der Waals surface area contributed by atoms with Gasteiger partial charge in [0.15, 0.2) is 11.0 Å². The first-order valence-electron chi connectivity index (χ1n) is 13.2. The average molecular weight is 544 g/mol. The minimum atomic E-state index is -0.514. The zero-order valence-corrected chi connectivity index (χ0v) is 23.1. The summed E-state index contributed by atoms with van der Waals surface area (Å²) in [6.07, 6.45) is 3.21. The topological polar surface area (TPSA) is 126 Å². The number of benzene rings is 1. The molecule has 2 amide bonds. The fourth-order valence-electron chi connectivity index (χ4n) is 5.12. The van der Waals surface area contributed by atoms with Gasteiger partial charge in [0.2, 0.25) is 5.91 Å². The smallest absolute Gasteiger partial charge is 0.407 e. The van der Waals surface area contributed by atoms with E-state index < -0.39 is 11.6 Å². The van der Waals surface area contributed by atoms with E-state index in [4.69, 9.17) is 22.1 Å². The Morgan fingerprint density at radius 3 is 2.50 bits per heavy atom. The normalized spacial score (nSPS) is 22.1. The number of nitrogens with one attached hydrogen (secondary N) is 2. The van der Waals surface area contributed by atoms with E-state index in [2.05, 4.69) is 25.7 Å². The van der Waals surface area contributed by atoms with E-state index in [1.54, 1.807) is 6.07 Å². The van der Waals surface area contributed by atoms with Crippen molar-refractivity contribution in [1.29, 1.82) is 0 Å². The predicted octanol–water partition coefficient (Wildman–Crippen LogP) is 3.61. The molecule has 2 aliphatic rings. The van der Waals surface area contributed by atoms with Gasteiger partial charge in [-0.3, -0.25) is 4.79 Å². The van der Waals surface area contributed by atoms with Gasteiger partial charge in [-0.05, 0) is 64.5 Å². The highest BCUT2D eigenvalue weighted by atomic mass is 35.5. The van der Waals surface area contributed by atoms with Crippen molar-refractivity contribution in [3.05, 3.63) is 41.6 Å². The molecular weight excluding hydrogens is 506 g/mol. The number of hydrogen-bond donors (Lipinski definition) is 3. The molecule has 1 aliphatic carbocycles. The van der Waals surface area contributed by atoms with Crippen molar-refractivity contribution in [2.75, 3.05) is 41.7 Å². The van der Waals surface area contributed by atoms with Crippen LogP contribution in [-0.2, 0) is 9.53 Å². The number of rotatable bonds is 6. The van der Waals surface area contributed by atoms with Crippen molar-refractivity contribution >= 4 is 40.8 Å². The Kier molecular flexibility index (Phi) is 8.81. The molecule has 0 radical (unpaired) electrons. The molecule has 38 heavy (non-hydrogen) atoms. The number of anilines is 3. The van der Waals surface area contributed by atoms with Crippen LogP contribution in [0.3, 0.4) is 0 Å². The molecule has 1 aromatic heterocycles. The fourth-order valence-corrected chi connectivity index (χ4v) is 5.27. The van der Waals surface area contributed by atoms with Gasteiger partial charge in [-0.15, -0.1) is 10.2 Å². The van der Waals surface area contributed by atoms with Gasteiger partial charge < -0.3 is 30.9 Å². The summed E-state index contributed by atoms with van der Waals surface area (Å²) in [5.41, 5.74) is 7.27. The first-order valence-corrected chi connectivity index (χ1v) is 13.6. The van der Waals surface area contributed by atoms with E-state index in [0.29, 0.717) is 43.6 Å². The van der Waals surface area contributed by atoms with Crippen molar-refractivity contribution in [2.24, 2.45) is 5.92 Å². The van der Waals surface area contributed by atoms with E-state index in [1.165, 1.54) is 0 Å². The zero-order valence-electron chi connectivity index (χ0n) is 22.3. The summed E-state index contributed by atoms with van der Waals surface area (Å²) >= 11 is 6.09. The zero-order chi connectivity index (χ0) is 27.3. The molecule has 206 valence electrons. The molecule has 0 spiro atoms. The van der Waals surface area contributed by atoms with Gasteiger partial charge in [0.25, 0.3) is 0 Å². The number of nitrogens with two attached hydrogens (primary N) is 1. The molecule has 4 N–H and O–H groups in total. The summed E-state index contributed by atoms with van der Waals surface area (Å²) in [5.74, 6) is 0.622. The first-order chi connectivity index (χ1) is 18.1. The van der Waals surface area contributed by atoms with E-state index in [0.717, 1.165) is 31.4 Å². The molecule has 1 atom stereocenters. The molecule has 1 saturated heterocycles. The number of nitrogen functional groups attached to an aromatic ring is 1. The minimum absolute atomic E-state index is 0.0285. The molecule has 1 unspecified atom stereocenters. The Balaban J connectivity index is 1.36. The summed E-state index contributed by atoms with van der Waals surface area (Å²) in [4.78, 5) is 29.8. The number of halogens is 1. The number of para-hydroxylation sites is 1. The Morgan fingerprint density at radius 2 is 1.82 bits per heavy atom. The Labute approximate surface area is 229 Å². The quantitative estimate of drug-likeness (QED) is 0.504. The van der Waals surface area contributed by atoms with Gasteiger partial charge in [-0.1, -0.05) is 29.8 Å². The summed E-state index contributed by atoms with van der Waals surface area (Å²) in [7, 11) is 0. The van der Waals surface area contributed by atoms with Crippen molar-refractivity contribution in [3.8, 4) is 0 Å². The van der Waals surface area contributed by atoms with Crippen molar-refractivity contribution in [1.82, 2.24) is 20.8 Å². The Hall–Kier alpha value is -3.27.